The lowest BCUT2D eigenvalue weighted by Crippen LogP contribution is -3.00. The van der Waals surface area contributed by atoms with E-state index in [9.17, 15) is 0 Å². The maximum absolute atomic E-state index is 5.38. The minimum atomic E-state index is 0. The van der Waals surface area contributed by atoms with Crippen molar-refractivity contribution in [2.24, 2.45) is 5.73 Å². The first-order chi connectivity index (χ1) is 4.79. The summed E-state index contributed by atoms with van der Waals surface area (Å²) in [6, 6.07) is 0. The fourth-order valence-corrected chi connectivity index (χ4v) is 2.33. The standard InChI is InChI=1S/C7H14N2S.BrH/c8-7(9)10-6-4-2-1-3-5-6;/h6H,1-5H2,(H3,8,9);1H. The first kappa shape index (κ1) is 11.3. The molecule has 1 fully saturated rings. The molecule has 2 nitrogen and oxygen atoms in total. The summed E-state index contributed by atoms with van der Waals surface area (Å²) >= 11 is 1.65. The predicted molar refractivity (Wildman–Crippen MR) is 45.6 cm³/mol. The minimum Gasteiger partial charge on any atom is -1.00 e. The van der Waals surface area contributed by atoms with Crippen molar-refractivity contribution in [2.45, 2.75) is 37.4 Å². The lowest BCUT2D eigenvalue weighted by atomic mass is 10.0. The second-order valence-corrected chi connectivity index (χ2v) is 4.15. The Kier molecular flexibility index (Phi) is 6.05. The Hall–Kier alpha value is 0.300. The fourth-order valence-electron chi connectivity index (χ4n) is 1.38. The van der Waals surface area contributed by atoms with E-state index in [-0.39, 0.29) is 17.0 Å². The predicted octanol–water partition coefficient (Wildman–Crippen LogP) is -2.87. The summed E-state index contributed by atoms with van der Waals surface area (Å²) in [6.45, 7) is 0. The van der Waals surface area contributed by atoms with Crippen LogP contribution in [0.15, 0.2) is 0 Å². The van der Waals surface area contributed by atoms with Gasteiger partial charge in [-0.15, -0.1) is 0 Å². The molecule has 0 unspecified atom stereocenters. The molecule has 1 saturated carbocycles. The summed E-state index contributed by atoms with van der Waals surface area (Å²) in [6.07, 6.45) is 6.68. The number of hydrogen-bond donors (Lipinski definition) is 2. The van der Waals surface area contributed by atoms with E-state index >= 15 is 0 Å². The lowest BCUT2D eigenvalue weighted by molar-refractivity contribution is -0.110. The van der Waals surface area contributed by atoms with Crippen LogP contribution in [0, 0.1) is 0 Å². The molecule has 4 N–H and O–H groups in total. The molecule has 0 spiro atoms. The summed E-state index contributed by atoms with van der Waals surface area (Å²) in [5.41, 5.74) is 5.38. The molecule has 1 rings (SSSR count). The first-order valence-electron chi connectivity index (χ1n) is 3.83. The summed E-state index contributed by atoms with van der Waals surface area (Å²) in [4.78, 5) is 0. The number of rotatable bonds is 1. The zero-order valence-corrected chi connectivity index (χ0v) is 8.96. The molecule has 0 aromatic heterocycles. The van der Waals surface area contributed by atoms with Gasteiger partial charge in [0, 0.05) is 5.25 Å². The zero-order valence-electron chi connectivity index (χ0n) is 6.55. The zero-order chi connectivity index (χ0) is 7.40. The van der Waals surface area contributed by atoms with Crippen molar-refractivity contribution in [3.05, 3.63) is 0 Å². The van der Waals surface area contributed by atoms with Gasteiger partial charge in [0.2, 0.25) is 0 Å². The topological polar surface area (TPSA) is 51.6 Å². The molecule has 0 aromatic carbocycles. The van der Waals surface area contributed by atoms with Gasteiger partial charge in [-0.2, -0.15) is 0 Å². The third kappa shape index (κ3) is 4.69. The highest BCUT2D eigenvalue weighted by molar-refractivity contribution is 8.14. The summed E-state index contributed by atoms with van der Waals surface area (Å²) < 4.78 is 0. The van der Waals surface area contributed by atoms with E-state index in [1.807, 2.05) is 0 Å². The Bertz CT molecular complexity index is 124. The fraction of sp³-hybridized carbons (Fsp3) is 0.857. The van der Waals surface area contributed by atoms with Crippen molar-refractivity contribution in [1.29, 1.82) is 0 Å². The van der Waals surface area contributed by atoms with E-state index in [1.54, 1.807) is 11.8 Å². The van der Waals surface area contributed by atoms with Crippen molar-refractivity contribution in [3.63, 3.8) is 0 Å². The van der Waals surface area contributed by atoms with Gasteiger partial charge in [-0.05, 0) is 24.6 Å². The van der Waals surface area contributed by atoms with E-state index in [0.717, 1.165) is 0 Å². The van der Waals surface area contributed by atoms with E-state index in [0.29, 0.717) is 10.4 Å². The maximum atomic E-state index is 5.38. The molecule has 0 heterocycles. The van der Waals surface area contributed by atoms with Crippen LogP contribution in [0.25, 0.3) is 0 Å². The molecule has 0 bridgehead atoms. The van der Waals surface area contributed by atoms with Crippen molar-refractivity contribution < 1.29 is 22.4 Å². The van der Waals surface area contributed by atoms with Gasteiger partial charge < -0.3 is 17.0 Å². The van der Waals surface area contributed by atoms with Crippen molar-refractivity contribution in [3.8, 4) is 0 Å². The molecule has 0 aromatic rings. The number of halogens is 1. The van der Waals surface area contributed by atoms with E-state index < -0.39 is 0 Å². The largest absolute Gasteiger partial charge is 1.00 e. The van der Waals surface area contributed by atoms with Crippen molar-refractivity contribution >= 4 is 16.9 Å². The Morgan fingerprint density at radius 3 is 2.27 bits per heavy atom. The smallest absolute Gasteiger partial charge is 0.300 e. The molecular weight excluding hydrogens is 224 g/mol. The van der Waals surface area contributed by atoms with E-state index in [4.69, 9.17) is 11.1 Å². The second-order valence-electron chi connectivity index (χ2n) is 2.78. The van der Waals surface area contributed by atoms with Gasteiger partial charge in [0.1, 0.15) is 0 Å². The Morgan fingerprint density at radius 1 is 1.27 bits per heavy atom. The molecule has 0 amide bonds. The Labute approximate surface area is 82.6 Å². The van der Waals surface area contributed by atoms with Crippen LogP contribution >= 0.6 is 11.8 Å². The summed E-state index contributed by atoms with van der Waals surface area (Å²) in [5.74, 6) is 0. The van der Waals surface area contributed by atoms with Gasteiger partial charge in [-0.25, -0.2) is 0 Å². The van der Waals surface area contributed by atoms with Crippen LogP contribution in [-0.4, -0.2) is 10.4 Å². The van der Waals surface area contributed by atoms with E-state index in [1.165, 1.54) is 32.1 Å². The highest BCUT2D eigenvalue weighted by Crippen LogP contribution is 2.26. The van der Waals surface area contributed by atoms with Gasteiger partial charge in [0.25, 0.3) is 5.17 Å². The SMILES string of the molecule is NC(=[NH2+])SC1CCCCC1.[Br-]. The second kappa shape index (κ2) is 5.89. The number of nitrogens with two attached hydrogens (primary N) is 2. The van der Waals surface area contributed by atoms with Gasteiger partial charge in [0.15, 0.2) is 0 Å². The van der Waals surface area contributed by atoms with Crippen LogP contribution in [0.4, 0.5) is 0 Å². The third-order valence-corrected chi connectivity index (χ3v) is 2.93. The normalized spacial score (nSPS) is 18.9. The average Bonchev–Trinajstić information content (AvgIpc) is 1.88. The number of amidine groups is 1. The van der Waals surface area contributed by atoms with Crippen LogP contribution in [0.1, 0.15) is 32.1 Å². The monoisotopic (exact) mass is 238 g/mol. The van der Waals surface area contributed by atoms with Gasteiger partial charge in [-0.3, -0.25) is 11.1 Å². The van der Waals surface area contributed by atoms with Crippen LogP contribution in [0.5, 0.6) is 0 Å². The average molecular weight is 239 g/mol. The van der Waals surface area contributed by atoms with Crippen LogP contribution < -0.4 is 28.1 Å². The molecule has 0 radical (unpaired) electrons. The quantitative estimate of drug-likeness (QED) is 0.382. The molecule has 66 valence electrons. The van der Waals surface area contributed by atoms with Crippen LogP contribution in [-0.2, 0) is 0 Å². The highest BCUT2D eigenvalue weighted by atomic mass is 79.9. The number of hydrogen-bond acceptors (Lipinski definition) is 1. The molecule has 1 aliphatic rings. The minimum absolute atomic E-state index is 0. The summed E-state index contributed by atoms with van der Waals surface area (Å²) in [7, 11) is 0. The number of thioether (sulfide) groups is 1. The highest BCUT2D eigenvalue weighted by Gasteiger charge is 2.16. The molecule has 0 atom stereocenters. The van der Waals surface area contributed by atoms with E-state index in [2.05, 4.69) is 0 Å². The lowest BCUT2D eigenvalue weighted by Gasteiger charge is -2.18. The summed E-state index contributed by atoms with van der Waals surface area (Å²) in [5, 5.41) is 6.62. The van der Waals surface area contributed by atoms with Gasteiger partial charge in [0.05, 0.1) is 0 Å². The Balaban J connectivity index is 0.000001000. The van der Waals surface area contributed by atoms with Gasteiger partial charge >= 0.3 is 0 Å². The maximum Gasteiger partial charge on any atom is 0.300 e. The Morgan fingerprint density at radius 2 is 1.82 bits per heavy atom. The van der Waals surface area contributed by atoms with Gasteiger partial charge in [-0.1, -0.05) is 19.3 Å². The molecule has 0 saturated heterocycles. The molecule has 0 aliphatic heterocycles. The first-order valence-corrected chi connectivity index (χ1v) is 4.71. The van der Waals surface area contributed by atoms with Crippen LogP contribution in [0.3, 0.4) is 0 Å². The molecule has 1 aliphatic carbocycles. The van der Waals surface area contributed by atoms with Crippen molar-refractivity contribution in [2.75, 3.05) is 0 Å². The van der Waals surface area contributed by atoms with Crippen molar-refractivity contribution in [1.82, 2.24) is 0 Å². The third-order valence-electron chi connectivity index (χ3n) is 1.85. The van der Waals surface area contributed by atoms with Crippen LogP contribution in [0.2, 0.25) is 0 Å². The molecule has 4 heteroatoms. The molecular formula is C7H15BrN2S. The molecule has 11 heavy (non-hydrogen) atoms.